The number of hydrogen-bond acceptors (Lipinski definition) is 4. The molecule has 0 unspecified atom stereocenters. The van der Waals surface area contributed by atoms with Gasteiger partial charge in [-0.25, -0.2) is 4.79 Å². The van der Waals surface area contributed by atoms with Crippen LogP contribution in [0.2, 0.25) is 0 Å². The van der Waals surface area contributed by atoms with E-state index in [4.69, 9.17) is 9.47 Å². The normalized spacial score (nSPS) is 15.4. The standard InChI is InChI=1S/C16H32N4O3.HI/c1-16(2,3)23-15(21)20-11-13(12-20)19-14(17-4)18-9-7-6-8-10-22-5;/h13H,6-12H2,1-5H3,(H2,17,18,19);1H. The fourth-order valence-electron chi connectivity index (χ4n) is 2.19. The molecule has 1 aliphatic rings. The fraction of sp³-hybridized carbons (Fsp3) is 0.875. The quantitative estimate of drug-likeness (QED) is 0.266. The molecule has 0 bridgehead atoms. The third-order valence-electron chi connectivity index (χ3n) is 3.42. The lowest BCUT2D eigenvalue weighted by Crippen LogP contribution is -2.63. The molecule has 0 aliphatic carbocycles. The number of ether oxygens (including phenoxy) is 2. The van der Waals surface area contributed by atoms with Gasteiger partial charge in [-0.15, -0.1) is 24.0 Å². The van der Waals surface area contributed by atoms with Gasteiger partial charge in [0.05, 0.1) is 6.04 Å². The van der Waals surface area contributed by atoms with Crippen molar-refractivity contribution in [2.75, 3.05) is 40.4 Å². The Morgan fingerprint density at radius 2 is 1.92 bits per heavy atom. The van der Waals surface area contributed by atoms with E-state index < -0.39 is 5.60 Å². The minimum Gasteiger partial charge on any atom is -0.444 e. The molecule has 1 fully saturated rings. The Labute approximate surface area is 162 Å². The second kappa shape index (κ2) is 11.7. The summed E-state index contributed by atoms with van der Waals surface area (Å²) in [5, 5.41) is 6.61. The summed E-state index contributed by atoms with van der Waals surface area (Å²) in [5.41, 5.74) is -0.448. The second-order valence-corrected chi connectivity index (χ2v) is 6.78. The minimum atomic E-state index is -0.448. The van der Waals surface area contributed by atoms with Crippen LogP contribution >= 0.6 is 24.0 Å². The van der Waals surface area contributed by atoms with E-state index in [1.165, 1.54) is 0 Å². The molecule has 0 aromatic rings. The van der Waals surface area contributed by atoms with Gasteiger partial charge in [-0.1, -0.05) is 0 Å². The molecule has 0 aromatic heterocycles. The van der Waals surface area contributed by atoms with Crippen molar-refractivity contribution in [1.82, 2.24) is 15.5 Å². The Morgan fingerprint density at radius 3 is 2.46 bits per heavy atom. The monoisotopic (exact) mass is 456 g/mol. The zero-order valence-electron chi connectivity index (χ0n) is 15.6. The SMILES string of the molecule is CN=C(NCCCCCOC)NC1CN(C(=O)OC(C)(C)C)C1.I. The van der Waals surface area contributed by atoms with Crippen molar-refractivity contribution in [3.05, 3.63) is 0 Å². The Hall–Kier alpha value is -0.770. The van der Waals surface area contributed by atoms with E-state index >= 15 is 0 Å². The van der Waals surface area contributed by atoms with E-state index in [9.17, 15) is 4.79 Å². The molecule has 8 heteroatoms. The van der Waals surface area contributed by atoms with Crippen LogP contribution in [-0.2, 0) is 9.47 Å². The van der Waals surface area contributed by atoms with Gasteiger partial charge in [0.15, 0.2) is 5.96 Å². The van der Waals surface area contributed by atoms with Crippen molar-refractivity contribution in [2.24, 2.45) is 4.99 Å². The number of methoxy groups -OCH3 is 1. The number of nitrogens with one attached hydrogen (secondary N) is 2. The average molecular weight is 456 g/mol. The highest BCUT2D eigenvalue weighted by Crippen LogP contribution is 2.15. The number of guanidine groups is 1. The van der Waals surface area contributed by atoms with E-state index in [1.54, 1.807) is 19.1 Å². The first-order chi connectivity index (χ1) is 10.9. The maximum Gasteiger partial charge on any atom is 0.410 e. The van der Waals surface area contributed by atoms with Gasteiger partial charge < -0.3 is 25.0 Å². The van der Waals surface area contributed by atoms with Crippen LogP contribution in [0.1, 0.15) is 40.0 Å². The van der Waals surface area contributed by atoms with E-state index in [0.717, 1.165) is 38.4 Å². The van der Waals surface area contributed by atoms with Crippen molar-refractivity contribution in [3.8, 4) is 0 Å². The first-order valence-electron chi connectivity index (χ1n) is 8.29. The third-order valence-corrected chi connectivity index (χ3v) is 3.42. The summed E-state index contributed by atoms with van der Waals surface area (Å²) in [7, 11) is 3.48. The Kier molecular flexibility index (Phi) is 11.4. The number of unbranched alkanes of at least 4 members (excludes halogenated alkanes) is 2. The first kappa shape index (κ1) is 23.2. The molecule has 7 nitrogen and oxygen atoms in total. The molecule has 24 heavy (non-hydrogen) atoms. The molecule has 1 amide bonds. The fourth-order valence-corrected chi connectivity index (χ4v) is 2.19. The van der Waals surface area contributed by atoms with Gasteiger partial charge in [0.25, 0.3) is 0 Å². The number of nitrogens with zero attached hydrogens (tertiary/aromatic N) is 2. The molecule has 1 heterocycles. The number of likely N-dealkylation sites (tertiary alicyclic amines) is 1. The van der Waals surface area contributed by atoms with Crippen LogP contribution in [0.25, 0.3) is 0 Å². The number of amides is 1. The number of halogens is 1. The van der Waals surface area contributed by atoms with Crippen LogP contribution in [0, 0.1) is 0 Å². The minimum absolute atomic E-state index is 0. The number of hydrogen-bond donors (Lipinski definition) is 2. The van der Waals surface area contributed by atoms with Crippen LogP contribution in [0.15, 0.2) is 4.99 Å². The molecule has 0 radical (unpaired) electrons. The zero-order valence-corrected chi connectivity index (χ0v) is 17.9. The van der Waals surface area contributed by atoms with Gasteiger partial charge in [-0.2, -0.15) is 0 Å². The number of aliphatic imine (C=N–C) groups is 1. The highest BCUT2D eigenvalue weighted by molar-refractivity contribution is 14.0. The molecule has 0 atom stereocenters. The van der Waals surface area contributed by atoms with Gasteiger partial charge in [0.2, 0.25) is 0 Å². The van der Waals surface area contributed by atoms with Crippen molar-refractivity contribution >= 4 is 36.0 Å². The van der Waals surface area contributed by atoms with Crippen LogP contribution in [0.4, 0.5) is 4.79 Å². The number of carbonyl (C=O) groups excluding carboxylic acids is 1. The maximum atomic E-state index is 11.9. The molecular formula is C16H33IN4O3. The summed E-state index contributed by atoms with van der Waals surface area (Å²) in [6.07, 6.45) is 3.04. The van der Waals surface area contributed by atoms with Crippen molar-refractivity contribution in [1.29, 1.82) is 0 Å². The molecule has 1 saturated heterocycles. The predicted molar refractivity (Wildman–Crippen MR) is 107 cm³/mol. The Bertz CT molecular complexity index is 393. The molecule has 0 spiro atoms. The van der Waals surface area contributed by atoms with Crippen LogP contribution < -0.4 is 10.6 Å². The van der Waals surface area contributed by atoms with Gasteiger partial charge in [-0.3, -0.25) is 4.99 Å². The summed E-state index contributed by atoms with van der Waals surface area (Å²) in [4.78, 5) is 17.8. The Morgan fingerprint density at radius 1 is 1.25 bits per heavy atom. The summed E-state index contributed by atoms with van der Waals surface area (Å²) >= 11 is 0. The van der Waals surface area contributed by atoms with Crippen LogP contribution in [0.3, 0.4) is 0 Å². The molecule has 0 aromatic carbocycles. The lowest BCUT2D eigenvalue weighted by Gasteiger charge is -2.40. The van der Waals surface area contributed by atoms with E-state index in [0.29, 0.717) is 13.1 Å². The lowest BCUT2D eigenvalue weighted by molar-refractivity contribution is 0.00701. The van der Waals surface area contributed by atoms with E-state index in [1.807, 2.05) is 20.8 Å². The number of carbonyl (C=O) groups is 1. The van der Waals surface area contributed by atoms with Crippen LogP contribution in [0.5, 0.6) is 0 Å². The average Bonchev–Trinajstić information content (AvgIpc) is 2.41. The van der Waals surface area contributed by atoms with Gasteiger partial charge in [0, 0.05) is 40.4 Å². The van der Waals surface area contributed by atoms with E-state index in [2.05, 4.69) is 15.6 Å². The van der Waals surface area contributed by atoms with Crippen molar-refractivity contribution < 1.29 is 14.3 Å². The van der Waals surface area contributed by atoms with Crippen molar-refractivity contribution in [3.63, 3.8) is 0 Å². The summed E-state index contributed by atoms with van der Waals surface area (Å²) < 4.78 is 10.4. The topological polar surface area (TPSA) is 75.2 Å². The summed E-state index contributed by atoms with van der Waals surface area (Å²) in [6, 6.07) is 0.224. The van der Waals surface area contributed by atoms with Crippen molar-refractivity contribution in [2.45, 2.75) is 51.7 Å². The Balaban J connectivity index is 0.00000529. The van der Waals surface area contributed by atoms with Crippen LogP contribution in [-0.4, -0.2) is 69.0 Å². The number of rotatable bonds is 7. The first-order valence-corrected chi connectivity index (χ1v) is 8.29. The summed E-state index contributed by atoms with van der Waals surface area (Å²) in [5.74, 6) is 0.783. The second-order valence-electron chi connectivity index (χ2n) is 6.78. The largest absolute Gasteiger partial charge is 0.444 e. The molecule has 1 rings (SSSR count). The lowest BCUT2D eigenvalue weighted by atomic mass is 10.1. The maximum absolute atomic E-state index is 11.9. The molecule has 0 saturated carbocycles. The van der Waals surface area contributed by atoms with Gasteiger partial charge >= 0.3 is 6.09 Å². The molecule has 142 valence electrons. The van der Waals surface area contributed by atoms with Gasteiger partial charge in [0.1, 0.15) is 5.60 Å². The molecule has 1 aliphatic heterocycles. The smallest absolute Gasteiger partial charge is 0.410 e. The van der Waals surface area contributed by atoms with E-state index in [-0.39, 0.29) is 36.1 Å². The zero-order chi connectivity index (χ0) is 17.3. The molecular weight excluding hydrogens is 423 g/mol. The summed E-state index contributed by atoms with van der Waals surface area (Å²) in [6.45, 7) is 8.60. The highest BCUT2D eigenvalue weighted by Gasteiger charge is 2.34. The highest BCUT2D eigenvalue weighted by atomic mass is 127. The van der Waals surface area contributed by atoms with Gasteiger partial charge in [-0.05, 0) is 40.0 Å². The third kappa shape index (κ3) is 9.51. The predicted octanol–water partition coefficient (Wildman–Crippen LogP) is 2.21. The molecule has 2 N–H and O–H groups in total.